The number of fused-ring (bicyclic) bond motifs is 1. The van der Waals surface area contributed by atoms with E-state index in [1.54, 1.807) is 12.1 Å². The van der Waals surface area contributed by atoms with Gasteiger partial charge in [0.25, 0.3) is 0 Å². The molecule has 0 saturated carbocycles. The van der Waals surface area contributed by atoms with Gasteiger partial charge >= 0.3 is 6.36 Å². The first-order valence-corrected chi connectivity index (χ1v) is 13.7. The Morgan fingerprint density at radius 1 is 1.00 bits per heavy atom. The van der Waals surface area contributed by atoms with E-state index in [1.165, 1.54) is 12.1 Å². The summed E-state index contributed by atoms with van der Waals surface area (Å²) in [5.74, 6) is 0.967. The Bertz CT molecular complexity index is 1400. The van der Waals surface area contributed by atoms with Crippen LogP contribution in [0.2, 0.25) is 0 Å². The number of benzene rings is 2. The fourth-order valence-corrected chi connectivity index (χ4v) is 5.53. The maximum Gasteiger partial charge on any atom is 0.573 e. The second-order valence-electron chi connectivity index (χ2n) is 10.4. The molecule has 2 aromatic heterocycles. The van der Waals surface area contributed by atoms with Crippen molar-refractivity contribution in [2.75, 3.05) is 5.32 Å². The molecule has 0 fully saturated rings. The largest absolute Gasteiger partial charge is 0.573 e. The van der Waals surface area contributed by atoms with Crippen molar-refractivity contribution < 1.29 is 17.9 Å². The van der Waals surface area contributed by atoms with Crippen LogP contribution in [0.4, 0.5) is 24.8 Å². The molecule has 1 N–H and O–H groups in total. The van der Waals surface area contributed by atoms with E-state index in [0.717, 1.165) is 65.7 Å². The molecule has 2 heterocycles. The second-order valence-corrected chi connectivity index (χ2v) is 10.4. The molecule has 0 radical (unpaired) electrons. The molecule has 4 aromatic rings. The van der Waals surface area contributed by atoms with Gasteiger partial charge in [-0.15, -0.1) is 13.2 Å². The lowest BCUT2D eigenvalue weighted by atomic mass is 9.94. The van der Waals surface area contributed by atoms with Gasteiger partial charge in [0.2, 0.25) is 5.95 Å². The lowest BCUT2D eigenvalue weighted by molar-refractivity contribution is -0.274. The van der Waals surface area contributed by atoms with Crippen molar-refractivity contribution in [1.82, 2.24) is 19.3 Å². The zero-order chi connectivity index (χ0) is 28.3. The standard InChI is InChI=1S/C30H38F3N5O/c1-7-9-19(3)17-24(10-8-2)38-27-16-11-22(28-20(4)36-37(6)21(28)5)18-26(27)35-29(38)34-23-12-14-25(15-13-23)39-30(31,32)33/h11-16,18-19,24H,7-10,17H2,1-6H3,(H,34,35)/t19-,24+/m1/s1. The van der Waals surface area contributed by atoms with Crippen LogP contribution in [0, 0.1) is 19.8 Å². The van der Waals surface area contributed by atoms with E-state index >= 15 is 0 Å². The predicted octanol–water partition coefficient (Wildman–Crippen LogP) is 8.86. The number of hydrogen-bond acceptors (Lipinski definition) is 4. The first-order valence-electron chi connectivity index (χ1n) is 13.7. The summed E-state index contributed by atoms with van der Waals surface area (Å²) in [6.07, 6.45) is 0.597. The Morgan fingerprint density at radius 3 is 2.28 bits per heavy atom. The molecular weight excluding hydrogens is 503 g/mol. The van der Waals surface area contributed by atoms with Gasteiger partial charge in [-0.1, -0.05) is 46.1 Å². The Hall–Kier alpha value is -3.49. The molecule has 4 rings (SSSR count). The summed E-state index contributed by atoms with van der Waals surface area (Å²) in [5.41, 5.74) is 6.73. The van der Waals surface area contributed by atoms with Crippen LogP contribution in [0.1, 0.15) is 70.3 Å². The smallest absolute Gasteiger partial charge is 0.406 e. The minimum Gasteiger partial charge on any atom is -0.406 e. The minimum absolute atomic E-state index is 0.226. The van der Waals surface area contributed by atoms with Crippen molar-refractivity contribution in [3.05, 3.63) is 53.9 Å². The van der Waals surface area contributed by atoms with Crippen LogP contribution in [0.3, 0.4) is 0 Å². The predicted molar refractivity (Wildman–Crippen MR) is 150 cm³/mol. The Balaban J connectivity index is 1.78. The van der Waals surface area contributed by atoms with E-state index in [0.29, 0.717) is 17.6 Å². The molecule has 0 aliphatic carbocycles. The highest BCUT2D eigenvalue weighted by molar-refractivity contribution is 5.86. The average molecular weight is 542 g/mol. The molecule has 0 amide bonds. The Kier molecular flexibility index (Phi) is 8.57. The summed E-state index contributed by atoms with van der Waals surface area (Å²) in [5, 5.41) is 7.96. The third-order valence-corrected chi connectivity index (χ3v) is 7.27. The van der Waals surface area contributed by atoms with Crippen molar-refractivity contribution in [3.63, 3.8) is 0 Å². The topological polar surface area (TPSA) is 56.9 Å². The van der Waals surface area contributed by atoms with Crippen LogP contribution in [-0.4, -0.2) is 25.7 Å². The summed E-state index contributed by atoms with van der Waals surface area (Å²) in [7, 11) is 1.94. The highest BCUT2D eigenvalue weighted by Gasteiger charge is 2.31. The number of halogens is 3. The number of hydrogen-bond donors (Lipinski definition) is 1. The maximum absolute atomic E-state index is 12.6. The minimum atomic E-state index is -4.73. The van der Waals surface area contributed by atoms with Crippen LogP contribution in [0.15, 0.2) is 42.5 Å². The summed E-state index contributed by atoms with van der Waals surface area (Å²) in [4.78, 5) is 5.01. The van der Waals surface area contributed by atoms with E-state index < -0.39 is 6.36 Å². The molecule has 0 aliphatic rings. The SMILES string of the molecule is CCC[C@@H](C)C[C@H](CCC)n1c(Nc2ccc(OC(F)(F)F)cc2)nc2cc(-c3c(C)nn(C)c3C)ccc21. The zero-order valence-electron chi connectivity index (χ0n) is 23.6. The number of anilines is 2. The molecule has 0 bridgehead atoms. The first-order chi connectivity index (χ1) is 18.5. The highest BCUT2D eigenvalue weighted by atomic mass is 19.4. The first kappa shape index (κ1) is 28.5. The van der Waals surface area contributed by atoms with Crippen LogP contribution < -0.4 is 10.1 Å². The quantitative estimate of drug-likeness (QED) is 0.206. The number of ether oxygens (including phenoxy) is 1. The molecule has 0 unspecified atom stereocenters. The molecule has 0 aliphatic heterocycles. The number of aryl methyl sites for hydroxylation is 2. The van der Waals surface area contributed by atoms with Gasteiger partial charge in [-0.25, -0.2) is 4.98 Å². The molecular formula is C30H38F3N5O. The number of alkyl halides is 3. The van der Waals surface area contributed by atoms with Crippen LogP contribution in [0.5, 0.6) is 5.75 Å². The van der Waals surface area contributed by atoms with E-state index in [4.69, 9.17) is 4.98 Å². The van der Waals surface area contributed by atoms with Crippen molar-refractivity contribution in [1.29, 1.82) is 0 Å². The van der Waals surface area contributed by atoms with Crippen molar-refractivity contribution in [2.45, 2.75) is 79.1 Å². The van der Waals surface area contributed by atoms with E-state index in [1.807, 2.05) is 18.7 Å². The summed E-state index contributed by atoms with van der Waals surface area (Å²) in [6.45, 7) is 10.8. The lowest BCUT2D eigenvalue weighted by Gasteiger charge is -2.25. The van der Waals surface area contributed by atoms with Gasteiger partial charge in [0, 0.05) is 30.0 Å². The number of aromatic nitrogens is 4. The van der Waals surface area contributed by atoms with Gasteiger partial charge < -0.3 is 14.6 Å². The van der Waals surface area contributed by atoms with E-state index in [2.05, 4.69) is 65.6 Å². The molecule has 9 heteroatoms. The summed E-state index contributed by atoms with van der Waals surface area (Å²) < 4.78 is 46.1. The fourth-order valence-electron chi connectivity index (χ4n) is 5.53. The fraction of sp³-hybridized carbons (Fsp3) is 0.467. The molecule has 210 valence electrons. The van der Waals surface area contributed by atoms with Crippen molar-refractivity contribution >= 4 is 22.7 Å². The van der Waals surface area contributed by atoms with Crippen LogP contribution in [-0.2, 0) is 7.05 Å². The monoisotopic (exact) mass is 541 g/mol. The summed E-state index contributed by atoms with van der Waals surface area (Å²) >= 11 is 0. The normalized spacial score (nSPS) is 13.6. The van der Waals surface area contributed by atoms with Gasteiger partial charge in [0.1, 0.15) is 5.75 Å². The Morgan fingerprint density at radius 2 is 1.69 bits per heavy atom. The van der Waals surface area contributed by atoms with Gasteiger partial charge in [-0.05, 0) is 74.6 Å². The third kappa shape index (κ3) is 6.57. The van der Waals surface area contributed by atoms with Crippen LogP contribution >= 0.6 is 0 Å². The van der Waals surface area contributed by atoms with Crippen molar-refractivity contribution in [3.8, 4) is 16.9 Å². The molecule has 0 spiro atoms. The number of imidazole rings is 1. The van der Waals surface area contributed by atoms with E-state index in [-0.39, 0.29) is 11.8 Å². The number of nitrogens with zero attached hydrogens (tertiary/aromatic N) is 4. The summed E-state index contributed by atoms with van der Waals surface area (Å²) in [6, 6.07) is 12.4. The molecule has 0 saturated heterocycles. The lowest BCUT2D eigenvalue weighted by Crippen LogP contribution is -2.17. The zero-order valence-corrected chi connectivity index (χ0v) is 23.6. The average Bonchev–Trinajstić information content (AvgIpc) is 3.33. The van der Waals surface area contributed by atoms with Gasteiger partial charge in [-0.2, -0.15) is 5.10 Å². The van der Waals surface area contributed by atoms with Crippen LogP contribution in [0.25, 0.3) is 22.2 Å². The van der Waals surface area contributed by atoms with Gasteiger partial charge in [0.15, 0.2) is 0 Å². The van der Waals surface area contributed by atoms with E-state index in [9.17, 15) is 13.2 Å². The molecule has 6 nitrogen and oxygen atoms in total. The number of rotatable bonds is 11. The Labute approximate surface area is 228 Å². The maximum atomic E-state index is 12.6. The molecule has 2 aromatic carbocycles. The van der Waals surface area contributed by atoms with Gasteiger partial charge in [0.05, 0.1) is 16.7 Å². The second kappa shape index (κ2) is 11.7. The third-order valence-electron chi connectivity index (χ3n) is 7.27. The van der Waals surface area contributed by atoms with Crippen molar-refractivity contribution in [2.24, 2.45) is 13.0 Å². The van der Waals surface area contributed by atoms with Gasteiger partial charge in [-0.3, -0.25) is 4.68 Å². The molecule has 2 atom stereocenters. The number of nitrogens with one attached hydrogen (secondary N) is 1. The molecule has 39 heavy (non-hydrogen) atoms. The highest BCUT2D eigenvalue weighted by Crippen LogP contribution is 2.36.